The maximum absolute atomic E-state index is 11.7. The molecule has 1 atom stereocenters. The molecule has 1 unspecified atom stereocenters. The highest BCUT2D eigenvalue weighted by molar-refractivity contribution is 5.79. The number of nitrogens with two attached hydrogens (primary N) is 1. The van der Waals surface area contributed by atoms with Crippen molar-refractivity contribution >= 4 is 18.0 Å². The van der Waals surface area contributed by atoms with E-state index in [-0.39, 0.29) is 25.5 Å². The fourth-order valence-electron chi connectivity index (χ4n) is 1.14. The minimum absolute atomic E-state index is 0.000351. The Morgan fingerprint density at radius 3 is 2.50 bits per heavy atom. The summed E-state index contributed by atoms with van der Waals surface area (Å²) in [6.45, 7) is 5.53. The minimum Gasteiger partial charge on any atom is -0.481 e. The largest absolute Gasteiger partial charge is 0.525 e. The fraction of sp³-hybridized carbons (Fsp3) is 0.545. The van der Waals surface area contributed by atoms with Gasteiger partial charge >= 0.3 is 12.1 Å². The summed E-state index contributed by atoms with van der Waals surface area (Å²) in [5, 5.41) is 7.44. The molecule has 7 heteroatoms. The molecule has 0 spiro atoms. The Kier molecular flexibility index (Phi) is 6.66. The van der Waals surface area contributed by atoms with Gasteiger partial charge in [-0.15, -0.1) is 4.48 Å². The van der Waals surface area contributed by atoms with Crippen molar-refractivity contribution in [1.29, 1.82) is 5.41 Å². The summed E-state index contributed by atoms with van der Waals surface area (Å²) in [5.41, 5.74) is 5.20. The van der Waals surface area contributed by atoms with Gasteiger partial charge in [0.1, 0.15) is 13.2 Å². The Balaban J connectivity index is 4.61. The number of nitrogens with one attached hydrogen (secondary N) is 1. The van der Waals surface area contributed by atoms with E-state index in [1.165, 1.54) is 13.1 Å². The van der Waals surface area contributed by atoms with Gasteiger partial charge in [-0.25, -0.2) is 4.79 Å². The van der Waals surface area contributed by atoms with Crippen molar-refractivity contribution in [3.8, 4) is 0 Å². The number of rotatable bonds is 6. The van der Waals surface area contributed by atoms with Crippen LogP contribution in [-0.2, 0) is 9.47 Å². The molecule has 0 aromatic carbocycles. The lowest BCUT2D eigenvalue weighted by atomic mass is 10.3. The van der Waals surface area contributed by atoms with Crippen LogP contribution in [-0.4, -0.2) is 49.3 Å². The first kappa shape index (κ1) is 16.1. The lowest BCUT2D eigenvalue weighted by molar-refractivity contribution is -0.753. The second kappa shape index (κ2) is 7.44. The molecule has 102 valence electrons. The molecule has 0 radical (unpaired) electrons. The van der Waals surface area contributed by atoms with Crippen LogP contribution in [0.2, 0.25) is 0 Å². The van der Waals surface area contributed by atoms with Crippen LogP contribution < -0.4 is 5.73 Å². The topological polar surface area (TPSA) is 102 Å². The molecule has 0 aliphatic heterocycles. The van der Waals surface area contributed by atoms with E-state index >= 15 is 0 Å². The van der Waals surface area contributed by atoms with Gasteiger partial charge in [0.15, 0.2) is 5.90 Å². The monoisotopic (exact) mass is 258 g/mol. The number of ether oxygens (including phenoxy) is 2. The van der Waals surface area contributed by atoms with E-state index < -0.39 is 16.6 Å². The third kappa shape index (κ3) is 4.54. The molecular weight excluding hydrogens is 238 g/mol. The van der Waals surface area contributed by atoms with E-state index in [1.54, 1.807) is 6.92 Å². The van der Waals surface area contributed by atoms with Gasteiger partial charge in [0.25, 0.3) is 0 Å². The number of amides is 3. The van der Waals surface area contributed by atoms with E-state index in [0.29, 0.717) is 6.61 Å². The second-order valence-corrected chi connectivity index (χ2v) is 3.73. The van der Waals surface area contributed by atoms with Gasteiger partial charge in [0, 0.05) is 0 Å². The number of hydrogen-bond donors (Lipinski definition) is 2. The van der Waals surface area contributed by atoms with Gasteiger partial charge in [-0.2, -0.15) is 4.79 Å². The van der Waals surface area contributed by atoms with Crippen LogP contribution in [0.5, 0.6) is 0 Å². The lowest BCUT2D eigenvalue weighted by Crippen LogP contribution is -2.57. The van der Waals surface area contributed by atoms with E-state index in [9.17, 15) is 9.59 Å². The van der Waals surface area contributed by atoms with Gasteiger partial charge in [-0.05, 0) is 6.92 Å². The molecule has 0 heterocycles. The van der Waals surface area contributed by atoms with E-state index in [4.69, 9.17) is 20.6 Å². The van der Waals surface area contributed by atoms with Gasteiger partial charge < -0.3 is 15.2 Å². The van der Waals surface area contributed by atoms with E-state index in [2.05, 4.69) is 6.58 Å². The first-order valence-corrected chi connectivity index (χ1v) is 5.52. The molecule has 0 aromatic heterocycles. The molecule has 0 bridgehead atoms. The smallest absolute Gasteiger partial charge is 0.481 e. The van der Waals surface area contributed by atoms with Gasteiger partial charge in [-0.1, -0.05) is 12.7 Å². The van der Waals surface area contributed by atoms with Crippen LogP contribution in [0.4, 0.5) is 9.59 Å². The number of hydrogen-bond acceptors (Lipinski definition) is 5. The van der Waals surface area contributed by atoms with Crippen molar-refractivity contribution in [1.82, 2.24) is 0 Å². The predicted octanol–water partition coefficient (Wildman–Crippen LogP) is 1.24. The minimum atomic E-state index is -0.839. The predicted molar refractivity (Wildman–Crippen MR) is 66.1 cm³/mol. The van der Waals surface area contributed by atoms with Crippen LogP contribution in [0.15, 0.2) is 12.7 Å². The standard InChI is InChI=1S/C11H19N3O4/c1-4-8-18-11(16)14(3,10(13)15)7-6-9(12)17-5-2/h4,12H,1,5-8H2,2-3H3,(H-,13,15)/p+1. The highest BCUT2D eigenvalue weighted by Crippen LogP contribution is 2.08. The zero-order valence-electron chi connectivity index (χ0n) is 10.8. The van der Waals surface area contributed by atoms with Crippen LogP contribution in [0.25, 0.3) is 0 Å². The average molecular weight is 258 g/mol. The summed E-state index contributed by atoms with van der Waals surface area (Å²) in [7, 11) is 1.34. The first-order chi connectivity index (χ1) is 8.38. The number of primary amides is 1. The molecule has 0 fully saturated rings. The number of carbonyl (C=O) groups excluding carboxylic acids is 2. The number of nitrogens with zero attached hydrogens (tertiary/aromatic N) is 1. The molecular formula is C11H20N3O4+. The summed E-state index contributed by atoms with van der Waals surface area (Å²) < 4.78 is 9.01. The van der Waals surface area contributed by atoms with Crippen LogP contribution in [0.3, 0.4) is 0 Å². The Morgan fingerprint density at radius 1 is 1.44 bits per heavy atom. The first-order valence-electron chi connectivity index (χ1n) is 5.52. The van der Waals surface area contributed by atoms with E-state index in [0.717, 1.165) is 0 Å². The summed E-state index contributed by atoms with van der Waals surface area (Å²) in [4.78, 5) is 23.1. The summed E-state index contributed by atoms with van der Waals surface area (Å²) in [5.74, 6) is -0.000351. The Bertz CT molecular complexity index is 343. The quantitative estimate of drug-likeness (QED) is 0.324. The molecule has 7 nitrogen and oxygen atoms in total. The van der Waals surface area contributed by atoms with E-state index in [1.807, 2.05) is 0 Å². The maximum Gasteiger partial charge on any atom is 0.525 e. The maximum atomic E-state index is 11.7. The molecule has 0 aliphatic rings. The van der Waals surface area contributed by atoms with Gasteiger partial charge in [-0.3, -0.25) is 5.41 Å². The van der Waals surface area contributed by atoms with Crippen molar-refractivity contribution < 1.29 is 23.5 Å². The number of urea groups is 1. The average Bonchev–Trinajstić information content (AvgIpc) is 2.32. The van der Waals surface area contributed by atoms with Crippen molar-refractivity contribution in [2.45, 2.75) is 13.3 Å². The molecule has 3 amide bonds. The summed E-state index contributed by atoms with van der Waals surface area (Å²) >= 11 is 0. The van der Waals surface area contributed by atoms with Crippen LogP contribution in [0.1, 0.15) is 13.3 Å². The Labute approximate surface area is 106 Å². The zero-order chi connectivity index (χ0) is 14.2. The fourth-order valence-corrected chi connectivity index (χ4v) is 1.14. The molecule has 0 aliphatic carbocycles. The third-order valence-electron chi connectivity index (χ3n) is 2.32. The molecule has 0 saturated heterocycles. The molecule has 0 saturated carbocycles. The van der Waals surface area contributed by atoms with Crippen LogP contribution in [0, 0.1) is 5.41 Å². The second-order valence-electron chi connectivity index (χ2n) is 3.73. The summed E-state index contributed by atoms with van der Waals surface area (Å²) in [6.07, 6.45) is 0.744. The normalized spacial score (nSPS) is 13.2. The molecule has 0 rings (SSSR count). The summed E-state index contributed by atoms with van der Waals surface area (Å²) in [6, 6.07) is -0.839. The van der Waals surface area contributed by atoms with Crippen LogP contribution >= 0.6 is 0 Å². The molecule has 0 aromatic rings. The SMILES string of the molecule is C=CCOC(=O)[N+](C)(CCC(=N)OCC)C(N)=O. The molecule has 3 N–H and O–H groups in total. The highest BCUT2D eigenvalue weighted by Gasteiger charge is 2.40. The number of carbonyl (C=O) groups is 2. The number of quaternary nitrogens is 1. The van der Waals surface area contributed by atoms with Gasteiger partial charge in [0.2, 0.25) is 0 Å². The lowest BCUT2D eigenvalue weighted by Gasteiger charge is -2.24. The van der Waals surface area contributed by atoms with Crippen molar-refractivity contribution in [2.75, 3.05) is 26.8 Å². The number of imide groups is 1. The zero-order valence-corrected chi connectivity index (χ0v) is 10.8. The van der Waals surface area contributed by atoms with Crippen molar-refractivity contribution in [3.63, 3.8) is 0 Å². The Morgan fingerprint density at radius 2 is 2.06 bits per heavy atom. The highest BCUT2D eigenvalue weighted by atomic mass is 16.6. The van der Waals surface area contributed by atoms with Gasteiger partial charge in [0.05, 0.1) is 20.1 Å². The molecule has 18 heavy (non-hydrogen) atoms. The Hall–Kier alpha value is -1.89. The third-order valence-corrected chi connectivity index (χ3v) is 2.32. The van der Waals surface area contributed by atoms with Crippen molar-refractivity contribution in [3.05, 3.63) is 12.7 Å². The van der Waals surface area contributed by atoms with Crippen molar-refractivity contribution in [2.24, 2.45) is 5.73 Å².